The third kappa shape index (κ3) is 4.13. The van der Waals surface area contributed by atoms with Crippen molar-refractivity contribution >= 4 is 51.0 Å². The Kier molecular flexibility index (Phi) is 5.78. The standard InChI is InChI=1S/C18H16N4O3S2/c1-3-25-17(24)15-10(2)11(8-19)16(27-15)22-14(23)9-26-18-20-12-6-4-5-7-13(12)21-18/h4-7H,3,9H2,1-2H3,(H,20,21)(H,22,23). The van der Waals surface area contributed by atoms with Crippen molar-refractivity contribution in [3.8, 4) is 6.07 Å². The molecule has 2 N–H and O–H groups in total. The Morgan fingerprint density at radius 3 is 2.89 bits per heavy atom. The Labute approximate surface area is 163 Å². The predicted octanol–water partition coefficient (Wildman–Crippen LogP) is 3.71. The molecule has 0 spiro atoms. The number of thiophene rings is 1. The van der Waals surface area contributed by atoms with Crippen LogP contribution in [0.5, 0.6) is 0 Å². The number of aromatic amines is 1. The lowest BCUT2D eigenvalue weighted by atomic mass is 10.2. The number of amides is 1. The molecular formula is C18H16N4O3S2. The first-order chi connectivity index (χ1) is 13.0. The number of carbonyl (C=O) groups excluding carboxylic acids is 2. The van der Waals surface area contributed by atoms with Gasteiger partial charge >= 0.3 is 5.97 Å². The summed E-state index contributed by atoms with van der Waals surface area (Å²) in [6.07, 6.45) is 0. The van der Waals surface area contributed by atoms with Crippen LogP contribution in [0.4, 0.5) is 5.00 Å². The number of anilines is 1. The number of benzene rings is 1. The maximum atomic E-state index is 12.3. The quantitative estimate of drug-likeness (QED) is 0.482. The van der Waals surface area contributed by atoms with E-state index < -0.39 is 5.97 Å². The van der Waals surface area contributed by atoms with E-state index in [-0.39, 0.29) is 23.8 Å². The monoisotopic (exact) mass is 400 g/mol. The summed E-state index contributed by atoms with van der Waals surface area (Å²) in [6, 6.07) is 9.65. The van der Waals surface area contributed by atoms with Gasteiger partial charge in [-0.1, -0.05) is 23.9 Å². The van der Waals surface area contributed by atoms with Gasteiger partial charge in [-0.3, -0.25) is 4.79 Å². The van der Waals surface area contributed by atoms with Crippen molar-refractivity contribution < 1.29 is 14.3 Å². The summed E-state index contributed by atoms with van der Waals surface area (Å²) in [5.41, 5.74) is 2.53. The molecule has 0 radical (unpaired) electrons. The summed E-state index contributed by atoms with van der Waals surface area (Å²) >= 11 is 2.31. The van der Waals surface area contributed by atoms with Gasteiger partial charge in [0.1, 0.15) is 15.9 Å². The molecule has 1 aromatic carbocycles. The zero-order valence-electron chi connectivity index (χ0n) is 14.7. The lowest BCUT2D eigenvalue weighted by Gasteiger charge is -2.02. The van der Waals surface area contributed by atoms with E-state index in [1.807, 2.05) is 30.3 Å². The normalized spacial score (nSPS) is 10.6. The molecule has 0 unspecified atom stereocenters. The second kappa shape index (κ2) is 8.24. The highest BCUT2D eigenvalue weighted by molar-refractivity contribution is 7.99. The number of thioether (sulfide) groups is 1. The average Bonchev–Trinajstić information content (AvgIpc) is 3.20. The molecule has 3 rings (SSSR count). The smallest absolute Gasteiger partial charge is 0.348 e. The molecule has 9 heteroatoms. The Morgan fingerprint density at radius 1 is 1.41 bits per heavy atom. The summed E-state index contributed by atoms with van der Waals surface area (Å²) in [5.74, 6) is -0.654. The molecule has 138 valence electrons. The second-order valence-electron chi connectivity index (χ2n) is 5.49. The summed E-state index contributed by atoms with van der Waals surface area (Å²) in [5, 5.41) is 13.1. The summed E-state index contributed by atoms with van der Waals surface area (Å²) in [4.78, 5) is 32.1. The Bertz CT molecular complexity index is 1020. The van der Waals surface area contributed by atoms with Crippen LogP contribution < -0.4 is 5.32 Å². The molecule has 0 saturated carbocycles. The zero-order chi connectivity index (χ0) is 19.4. The van der Waals surface area contributed by atoms with Gasteiger partial charge < -0.3 is 15.0 Å². The highest BCUT2D eigenvalue weighted by atomic mass is 32.2. The van der Waals surface area contributed by atoms with Crippen LogP contribution in [-0.2, 0) is 9.53 Å². The molecule has 0 aliphatic carbocycles. The highest BCUT2D eigenvalue weighted by Crippen LogP contribution is 2.33. The SMILES string of the molecule is CCOC(=O)c1sc(NC(=O)CSc2nc3ccccc3[nH]2)c(C#N)c1C. The minimum absolute atomic E-state index is 0.121. The topological polar surface area (TPSA) is 108 Å². The number of nitrogens with one attached hydrogen (secondary N) is 2. The van der Waals surface area contributed by atoms with E-state index in [1.165, 1.54) is 11.8 Å². The van der Waals surface area contributed by atoms with Crippen LogP contribution >= 0.6 is 23.1 Å². The first-order valence-electron chi connectivity index (χ1n) is 8.11. The molecular weight excluding hydrogens is 384 g/mol. The van der Waals surface area contributed by atoms with Crippen LogP contribution in [-0.4, -0.2) is 34.2 Å². The fourth-order valence-corrected chi connectivity index (χ4v) is 4.17. The number of H-pyrrole nitrogens is 1. The third-order valence-corrected chi connectivity index (χ3v) is 5.74. The van der Waals surface area contributed by atoms with Gasteiger partial charge in [0.05, 0.1) is 29.0 Å². The molecule has 0 fully saturated rings. The van der Waals surface area contributed by atoms with Gasteiger partial charge in [-0.05, 0) is 31.5 Å². The average molecular weight is 400 g/mol. The number of nitrogens with zero attached hydrogens (tertiary/aromatic N) is 2. The minimum atomic E-state index is -0.492. The van der Waals surface area contributed by atoms with Gasteiger partial charge in [-0.2, -0.15) is 5.26 Å². The van der Waals surface area contributed by atoms with E-state index in [0.717, 1.165) is 22.4 Å². The van der Waals surface area contributed by atoms with Crippen molar-refractivity contribution in [2.75, 3.05) is 17.7 Å². The van der Waals surface area contributed by atoms with Crippen LogP contribution in [0.2, 0.25) is 0 Å². The number of para-hydroxylation sites is 2. The largest absolute Gasteiger partial charge is 0.462 e. The molecule has 7 nitrogen and oxygen atoms in total. The molecule has 0 atom stereocenters. The van der Waals surface area contributed by atoms with Crippen LogP contribution in [0, 0.1) is 18.3 Å². The number of nitriles is 1. The molecule has 0 aliphatic heterocycles. The zero-order valence-corrected chi connectivity index (χ0v) is 16.3. The van der Waals surface area contributed by atoms with Crippen LogP contribution in [0.1, 0.15) is 27.7 Å². The first kappa shape index (κ1) is 18.9. The van der Waals surface area contributed by atoms with E-state index in [4.69, 9.17) is 4.74 Å². The number of rotatable bonds is 6. The molecule has 2 heterocycles. The van der Waals surface area contributed by atoms with Crippen molar-refractivity contribution in [2.24, 2.45) is 0 Å². The molecule has 0 saturated heterocycles. The number of esters is 1. The number of hydrogen-bond acceptors (Lipinski definition) is 7. The van der Waals surface area contributed by atoms with Crippen molar-refractivity contribution in [1.29, 1.82) is 5.26 Å². The number of fused-ring (bicyclic) bond motifs is 1. The van der Waals surface area contributed by atoms with Crippen LogP contribution in [0.3, 0.4) is 0 Å². The minimum Gasteiger partial charge on any atom is -0.462 e. The summed E-state index contributed by atoms with van der Waals surface area (Å²) in [7, 11) is 0. The van der Waals surface area contributed by atoms with E-state index >= 15 is 0 Å². The lowest BCUT2D eigenvalue weighted by Crippen LogP contribution is -2.14. The second-order valence-corrected chi connectivity index (χ2v) is 7.47. The van der Waals surface area contributed by atoms with Crippen molar-refractivity contribution in [2.45, 2.75) is 19.0 Å². The number of ether oxygens (including phenoxy) is 1. The van der Waals surface area contributed by atoms with Crippen LogP contribution in [0.25, 0.3) is 11.0 Å². The summed E-state index contributed by atoms with van der Waals surface area (Å²) < 4.78 is 4.99. The fourth-order valence-electron chi connectivity index (χ4n) is 2.42. The van der Waals surface area contributed by atoms with Crippen molar-refractivity contribution in [1.82, 2.24) is 9.97 Å². The van der Waals surface area contributed by atoms with Gasteiger partial charge in [-0.15, -0.1) is 11.3 Å². The Balaban J connectivity index is 1.69. The van der Waals surface area contributed by atoms with Gasteiger partial charge in [0.2, 0.25) is 5.91 Å². The Hall–Kier alpha value is -2.83. The number of imidazole rings is 1. The fraction of sp³-hybridized carbons (Fsp3) is 0.222. The molecule has 3 aromatic rings. The lowest BCUT2D eigenvalue weighted by molar-refractivity contribution is -0.113. The highest BCUT2D eigenvalue weighted by Gasteiger charge is 2.22. The van der Waals surface area contributed by atoms with Crippen molar-refractivity contribution in [3.05, 3.63) is 40.3 Å². The number of carbonyl (C=O) groups is 2. The third-order valence-electron chi connectivity index (χ3n) is 3.68. The first-order valence-corrected chi connectivity index (χ1v) is 9.91. The van der Waals surface area contributed by atoms with Crippen LogP contribution in [0.15, 0.2) is 29.4 Å². The molecule has 1 amide bonds. The van der Waals surface area contributed by atoms with Gasteiger partial charge in [-0.25, -0.2) is 9.78 Å². The van der Waals surface area contributed by atoms with E-state index in [9.17, 15) is 14.9 Å². The van der Waals surface area contributed by atoms with Gasteiger partial charge in [0.15, 0.2) is 5.16 Å². The Morgan fingerprint density at radius 2 is 2.19 bits per heavy atom. The van der Waals surface area contributed by atoms with E-state index in [0.29, 0.717) is 20.6 Å². The maximum Gasteiger partial charge on any atom is 0.348 e. The number of aromatic nitrogens is 2. The predicted molar refractivity (Wildman–Crippen MR) is 105 cm³/mol. The molecule has 2 aromatic heterocycles. The summed E-state index contributed by atoms with van der Waals surface area (Å²) in [6.45, 7) is 3.62. The molecule has 0 bridgehead atoms. The molecule has 27 heavy (non-hydrogen) atoms. The van der Waals surface area contributed by atoms with E-state index in [2.05, 4.69) is 15.3 Å². The maximum absolute atomic E-state index is 12.3. The molecule has 0 aliphatic rings. The van der Waals surface area contributed by atoms with Gasteiger partial charge in [0.25, 0.3) is 0 Å². The van der Waals surface area contributed by atoms with Crippen molar-refractivity contribution in [3.63, 3.8) is 0 Å². The van der Waals surface area contributed by atoms with Gasteiger partial charge in [0, 0.05) is 0 Å². The van der Waals surface area contributed by atoms with E-state index in [1.54, 1.807) is 13.8 Å². The number of hydrogen-bond donors (Lipinski definition) is 2.